The van der Waals surface area contributed by atoms with E-state index in [9.17, 15) is 23.9 Å². The molecule has 0 bridgehead atoms. The predicted octanol–water partition coefficient (Wildman–Crippen LogP) is 1.67. The van der Waals surface area contributed by atoms with Crippen LogP contribution in [0.3, 0.4) is 0 Å². The van der Waals surface area contributed by atoms with Gasteiger partial charge in [0.1, 0.15) is 39.5 Å². The molecule has 2 amide bonds. The Labute approximate surface area is 250 Å². The number of anilines is 1. The second-order valence-corrected chi connectivity index (χ2v) is 13.7. The summed E-state index contributed by atoms with van der Waals surface area (Å²) in [5.41, 5.74) is 11.7. The van der Waals surface area contributed by atoms with Gasteiger partial charge in [-0.05, 0) is 11.6 Å². The number of nitrogens with two attached hydrogens (primary N) is 2. The number of thiazole rings is 1. The summed E-state index contributed by atoms with van der Waals surface area (Å²) in [6.07, 6.45) is 3.31. The molecule has 2 fully saturated rings. The van der Waals surface area contributed by atoms with Crippen molar-refractivity contribution < 1.29 is 28.7 Å². The number of carboxylic acids is 1. The minimum atomic E-state index is -1.31. The van der Waals surface area contributed by atoms with Crippen LogP contribution >= 0.6 is 58.2 Å². The molecular formula is C22H25ClFN7O5S4. The van der Waals surface area contributed by atoms with Gasteiger partial charge in [0.15, 0.2) is 10.8 Å². The molecule has 0 spiro atoms. The Bertz CT molecular complexity index is 1300. The maximum atomic E-state index is 13.1. The first kappa shape index (κ1) is 30.6. The van der Waals surface area contributed by atoms with E-state index < -0.39 is 47.2 Å². The Morgan fingerprint density at radius 3 is 2.92 bits per heavy atom. The number of carboxylic acid groups (broad SMARTS) is 1. The highest BCUT2D eigenvalue weighted by Crippen LogP contribution is 2.47. The van der Waals surface area contributed by atoms with Crippen molar-refractivity contribution in [2.45, 2.75) is 26.8 Å². The number of aromatic nitrogens is 2. The number of hydrogen-bond acceptors (Lipinski definition) is 13. The summed E-state index contributed by atoms with van der Waals surface area (Å²) in [5.74, 6) is -0.740. The topological polar surface area (TPSA) is 186 Å². The first-order valence-electron chi connectivity index (χ1n) is 11.7. The van der Waals surface area contributed by atoms with E-state index in [4.69, 9.17) is 27.9 Å². The summed E-state index contributed by atoms with van der Waals surface area (Å²) < 4.78 is 11.3. The lowest BCUT2D eigenvalue weighted by Crippen LogP contribution is -2.74. The normalized spacial score (nSPS) is 22.4. The maximum absolute atomic E-state index is 13.1. The lowest BCUT2D eigenvalue weighted by molar-refractivity contribution is -0.151. The Morgan fingerprint density at radius 2 is 2.25 bits per heavy atom. The molecule has 0 aliphatic carbocycles. The summed E-state index contributed by atoms with van der Waals surface area (Å²) in [7, 11) is 0. The van der Waals surface area contributed by atoms with E-state index in [1.807, 2.05) is 0 Å². The third-order valence-corrected chi connectivity index (χ3v) is 11.1. The molecule has 4 rings (SSSR count). The quantitative estimate of drug-likeness (QED) is 0.107. The average molecular weight is 650 g/mol. The Balaban J connectivity index is 1.47. The fourth-order valence-corrected chi connectivity index (χ4v) is 8.60. The number of thioether (sulfide) groups is 3. The van der Waals surface area contributed by atoms with Gasteiger partial charge in [0, 0.05) is 47.6 Å². The molecular weight excluding hydrogens is 625 g/mol. The van der Waals surface area contributed by atoms with Crippen LogP contribution in [-0.2, 0) is 25.0 Å². The zero-order valence-electron chi connectivity index (χ0n) is 20.7. The third kappa shape index (κ3) is 6.60. The highest BCUT2D eigenvalue weighted by atomic mass is 35.5. The minimum Gasteiger partial charge on any atom is -0.480 e. The van der Waals surface area contributed by atoms with Crippen LogP contribution in [-0.4, -0.2) is 97.5 Å². The number of aliphatic carboxylic acids is 1. The molecule has 0 saturated carbocycles. The molecule has 2 aliphatic heterocycles. The van der Waals surface area contributed by atoms with Crippen molar-refractivity contribution >= 4 is 86.9 Å². The Hall–Kier alpha value is -2.31. The average Bonchev–Trinajstić information content (AvgIpc) is 3.27. The molecule has 18 heteroatoms. The molecule has 2 aromatic rings. The van der Waals surface area contributed by atoms with Crippen molar-refractivity contribution in [3.8, 4) is 0 Å². The van der Waals surface area contributed by atoms with Gasteiger partial charge in [-0.3, -0.25) is 19.4 Å². The lowest BCUT2D eigenvalue weighted by atomic mass is 10.0. The van der Waals surface area contributed by atoms with E-state index in [0.717, 1.165) is 27.5 Å². The summed E-state index contributed by atoms with van der Waals surface area (Å²) in [6.45, 7) is -0.760. The van der Waals surface area contributed by atoms with Crippen molar-refractivity contribution in [3.63, 3.8) is 0 Å². The summed E-state index contributed by atoms with van der Waals surface area (Å²) in [6, 6.07) is 0.827. The van der Waals surface area contributed by atoms with Gasteiger partial charge in [-0.25, -0.2) is 9.37 Å². The molecule has 0 aromatic carbocycles. The fraction of sp³-hybridized carbons (Fsp3) is 0.455. The van der Waals surface area contributed by atoms with E-state index in [2.05, 4.69) is 20.4 Å². The molecule has 12 nitrogen and oxygen atoms in total. The van der Waals surface area contributed by atoms with Crippen molar-refractivity contribution in [3.05, 3.63) is 34.1 Å². The first-order chi connectivity index (χ1) is 19.2. The molecule has 40 heavy (non-hydrogen) atoms. The maximum Gasteiger partial charge on any atom is 0.322 e. The largest absolute Gasteiger partial charge is 0.480 e. The second-order valence-electron chi connectivity index (χ2n) is 8.48. The Morgan fingerprint density at radius 1 is 1.45 bits per heavy atom. The molecule has 216 valence electrons. The van der Waals surface area contributed by atoms with Crippen LogP contribution in [0, 0.1) is 0 Å². The lowest BCUT2D eigenvalue weighted by Gasteiger charge is -2.53. The molecule has 1 unspecified atom stereocenters. The molecule has 2 saturated heterocycles. The SMILES string of the molecule is NCCSCc1cnccc1SC1(C(=O)O)CS[C@@H]2[C@H](NC(=O)C(=NOCCF)c3nc(N)sc3Cl)C(=O)N2C1. The fourth-order valence-electron chi connectivity index (χ4n) is 3.89. The van der Waals surface area contributed by atoms with Crippen molar-refractivity contribution in [1.82, 2.24) is 20.2 Å². The van der Waals surface area contributed by atoms with Crippen LogP contribution in [0.2, 0.25) is 4.34 Å². The van der Waals surface area contributed by atoms with Crippen molar-refractivity contribution in [1.29, 1.82) is 0 Å². The number of carbonyl (C=O) groups excluding carboxylic acids is 2. The smallest absolute Gasteiger partial charge is 0.322 e. The van der Waals surface area contributed by atoms with Gasteiger partial charge in [-0.2, -0.15) is 11.8 Å². The zero-order valence-corrected chi connectivity index (χ0v) is 24.8. The Kier molecular flexibility index (Phi) is 10.4. The standard InChI is InChI=1S/C22H25ClFN7O5S4/c23-16-13(29-21(26)39-16)14(30-36-5-2-24)17(32)28-15-18(33)31-9-22(20(34)35,10-38-19(15)31)40-12-1-4-27-7-11(12)8-37-6-3-25/h1,4,7,15,19H,2-3,5-6,8-10,25H2,(H2,26,29)(H,28,32)(H,34,35)/t15-,19-,22?/m1/s1. The van der Waals surface area contributed by atoms with Crippen LogP contribution in [0.4, 0.5) is 9.52 Å². The predicted molar refractivity (Wildman–Crippen MR) is 156 cm³/mol. The number of β-lactam (4-membered cyclic amide) rings is 1. The number of halogens is 2. The number of rotatable bonds is 13. The summed E-state index contributed by atoms with van der Waals surface area (Å²) in [5, 5.41) is 16.1. The first-order valence-corrected chi connectivity index (χ1v) is 16.0. The van der Waals surface area contributed by atoms with Crippen LogP contribution in [0.25, 0.3) is 0 Å². The summed E-state index contributed by atoms with van der Waals surface area (Å²) in [4.78, 5) is 54.0. The van der Waals surface area contributed by atoms with Crippen molar-refractivity contribution in [2.75, 3.05) is 43.6 Å². The van der Waals surface area contributed by atoms with Gasteiger partial charge in [0.25, 0.3) is 5.91 Å². The van der Waals surface area contributed by atoms with E-state index in [-0.39, 0.29) is 33.2 Å². The van der Waals surface area contributed by atoms with Gasteiger partial charge in [0.05, 0.1) is 0 Å². The second kappa shape index (κ2) is 13.6. The third-order valence-electron chi connectivity index (χ3n) is 5.78. The monoisotopic (exact) mass is 649 g/mol. The molecule has 0 radical (unpaired) electrons. The molecule has 2 aliphatic rings. The molecule has 2 aromatic heterocycles. The number of amides is 2. The molecule has 6 N–H and O–H groups in total. The van der Waals surface area contributed by atoms with Crippen molar-refractivity contribution in [2.24, 2.45) is 10.9 Å². The molecule has 3 atom stereocenters. The van der Waals surface area contributed by atoms with Crippen LogP contribution in [0.15, 0.2) is 28.5 Å². The van der Waals surface area contributed by atoms with E-state index in [0.29, 0.717) is 12.3 Å². The number of oxime groups is 1. The number of carbonyl (C=O) groups is 3. The minimum absolute atomic E-state index is 0.0530. The van der Waals surface area contributed by atoms with Gasteiger partial charge in [-0.1, -0.05) is 28.1 Å². The number of hydrogen-bond donors (Lipinski definition) is 4. The van der Waals surface area contributed by atoms with Crippen LogP contribution in [0.1, 0.15) is 11.3 Å². The summed E-state index contributed by atoms with van der Waals surface area (Å²) >= 11 is 11.1. The van der Waals surface area contributed by atoms with Gasteiger partial charge in [0.2, 0.25) is 5.91 Å². The number of pyridine rings is 1. The number of fused-ring (bicyclic) bond motifs is 1. The number of alkyl halides is 1. The van der Waals surface area contributed by atoms with Gasteiger partial charge in [-0.15, -0.1) is 23.5 Å². The van der Waals surface area contributed by atoms with Crippen LogP contribution in [0.5, 0.6) is 0 Å². The van der Waals surface area contributed by atoms with E-state index >= 15 is 0 Å². The van der Waals surface area contributed by atoms with E-state index in [1.54, 1.807) is 30.2 Å². The number of nitrogen functional groups attached to an aromatic ring is 1. The van der Waals surface area contributed by atoms with Gasteiger partial charge < -0.3 is 31.6 Å². The highest BCUT2D eigenvalue weighted by Gasteiger charge is 2.58. The van der Waals surface area contributed by atoms with Gasteiger partial charge >= 0.3 is 5.97 Å². The molecule has 4 heterocycles. The van der Waals surface area contributed by atoms with Crippen LogP contribution < -0.4 is 16.8 Å². The zero-order chi connectivity index (χ0) is 28.9. The highest BCUT2D eigenvalue weighted by molar-refractivity contribution is 8.05. The number of nitrogens with one attached hydrogen (secondary N) is 1. The van der Waals surface area contributed by atoms with E-state index in [1.165, 1.54) is 28.4 Å². The number of nitrogens with zero attached hydrogens (tertiary/aromatic N) is 4.